The van der Waals surface area contributed by atoms with Crippen molar-refractivity contribution in [3.05, 3.63) is 56.9 Å². The molecule has 0 bridgehead atoms. The molecular weight excluding hydrogens is 321 g/mol. The number of aryl methyl sites for hydroxylation is 2. The van der Waals surface area contributed by atoms with Gasteiger partial charge in [-0.25, -0.2) is 9.37 Å². The van der Waals surface area contributed by atoms with E-state index in [1.165, 1.54) is 12.1 Å². The fourth-order valence-electron chi connectivity index (χ4n) is 1.96. The number of nitriles is 1. The van der Waals surface area contributed by atoms with Gasteiger partial charge in [-0.1, -0.05) is 15.9 Å². The summed E-state index contributed by atoms with van der Waals surface area (Å²) in [5.41, 5.74) is 3.00. The lowest BCUT2D eigenvalue weighted by Crippen LogP contribution is -2.06. The predicted octanol–water partition coefficient (Wildman–Crippen LogP) is 4.08. The molecule has 1 N–H and O–H groups in total. The zero-order chi connectivity index (χ0) is 14.7. The van der Waals surface area contributed by atoms with E-state index in [1.807, 2.05) is 19.9 Å². The first kappa shape index (κ1) is 14.5. The van der Waals surface area contributed by atoms with Crippen molar-refractivity contribution in [2.24, 2.45) is 0 Å². The Kier molecular flexibility index (Phi) is 4.35. The Morgan fingerprint density at radius 2 is 2.10 bits per heavy atom. The Labute approximate surface area is 125 Å². The summed E-state index contributed by atoms with van der Waals surface area (Å²) in [7, 11) is 0. The van der Waals surface area contributed by atoms with E-state index >= 15 is 0 Å². The lowest BCUT2D eigenvalue weighted by Gasteiger charge is -2.11. The van der Waals surface area contributed by atoms with Crippen molar-refractivity contribution in [3.8, 4) is 6.07 Å². The molecule has 2 rings (SSSR count). The van der Waals surface area contributed by atoms with Gasteiger partial charge in [-0.05, 0) is 49.2 Å². The van der Waals surface area contributed by atoms with Gasteiger partial charge in [-0.2, -0.15) is 5.26 Å². The monoisotopic (exact) mass is 333 g/mol. The van der Waals surface area contributed by atoms with Gasteiger partial charge in [0.1, 0.15) is 17.7 Å². The van der Waals surface area contributed by atoms with Gasteiger partial charge in [0.2, 0.25) is 0 Å². The average Bonchev–Trinajstić information content (AvgIpc) is 2.39. The third kappa shape index (κ3) is 3.14. The maximum absolute atomic E-state index is 13.2. The Balaban J connectivity index is 2.27. The van der Waals surface area contributed by atoms with E-state index in [2.05, 4.69) is 32.3 Å². The van der Waals surface area contributed by atoms with Crippen LogP contribution in [0.1, 0.15) is 22.4 Å². The number of aromatic nitrogens is 1. The summed E-state index contributed by atoms with van der Waals surface area (Å²) in [4.78, 5) is 4.33. The first-order valence-corrected chi connectivity index (χ1v) is 6.86. The van der Waals surface area contributed by atoms with Crippen molar-refractivity contribution in [1.29, 1.82) is 5.26 Å². The van der Waals surface area contributed by atoms with E-state index in [-0.39, 0.29) is 5.82 Å². The zero-order valence-electron chi connectivity index (χ0n) is 11.2. The SMILES string of the molecule is Cc1cc(C)c(C#N)c(NCc2cc(F)ccc2Br)n1. The standard InChI is InChI=1S/C15H13BrFN3/c1-9-5-10(2)20-15(13(9)7-18)19-8-11-6-12(17)3-4-14(11)16/h3-6H,8H2,1-2H3,(H,19,20). The van der Waals surface area contributed by atoms with Crippen LogP contribution in [-0.4, -0.2) is 4.98 Å². The molecule has 0 radical (unpaired) electrons. The van der Waals surface area contributed by atoms with E-state index in [1.54, 1.807) is 6.07 Å². The normalized spacial score (nSPS) is 10.2. The molecule has 0 fully saturated rings. The van der Waals surface area contributed by atoms with Crippen molar-refractivity contribution in [3.63, 3.8) is 0 Å². The quantitative estimate of drug-likeness (QED) is 0.920. The van der Waals surface area contributed by atoms with E-state index < -0.39 is 0 Å². The highest BCUT2D eigenvalue weighted by atomic mass is 79.9. The van der Waals surface area contributed by atoms with Crippen LogP contribution in [-0.2, 0) is 6.54 Å². The summed E-state index contributed by atoms with van der Waals surface area (Å²) < 4.78 is 14.0. The number of anilines is 1. The van der Waals surface area contributed by atoms with Crippen LogP contribution in [0.5, 0.6) is 0 Å². The van der Waals surface area contributed by atoms with Gasteiger partial charge in [-0.3, -0.25) is 0 Å². The summed E-state index contributed by atoms with van der Waals surface area (Å²) >= 11 is 3.38. The topological polar surface area (TPSA) is 48.7 Å². The highest BCUT2D eigenvalue weighted by molar-refractivity contribution is 9.10. The Bertz CT molecular complexity index is 692. The molecule has 1 aromatic heterocycles. The van der Waals surface area contributed by atoms with Crippen molar-refractivity contribution < 1.29 is 4.39 Å². The Hall–Kier alpha value is -1.93. The highest BCUT2D eigenvalue weighted by Crippen LogP contribution is 2.21. The molecular formula is C15H13BrFN3. The van der Waals surface area contributed by atoms with E-state index in [0.717, 1.165) is 21.3 Å². The maximum atomic E-state index is 13.2. The van der Waals surface area contributed by atoms with Gasteiger partial charge in [0.15, 0.2) is 0 Å². The summed E-state index contributed by atoms with van der Waals surface area (Å²) in [5, 5.41) is 12.3. The number of hydrogen-bond donors (Lipinski definition) is 1. The van der Waals surface area contributed by atoms with Crippen LogP contribution in [0.25, 0.3) is 0 Å². The Morgan fingerprint density at radius 1 is 1.35 bits per heavy atom. The van der Waals surface area contributed by atoms with Crippen molar-refractivity contribution in [1.82, 2.24) is 4.98 Å². The molecule has 0 spiro atoms. The van der Waals surface area contributed by atoms with E-state index in [0.29, 0.717) is 17.9 Å². The van der Waals surface area contributed by atoms with Gasteiger partial charge in [0.25, 0.3) is 0 Å². The second-order valence-corrected chi connectivity index (χ2v) is 5.36. The molecule has 0 aliphatic rings. The Morgan fingerprint density at radius 3 is 2.80 bits per heavy atom. The molecule has 0 aliphatic carbocycles. The summed E-state index contributed by atoms with van der Waals surface area (Å²) in [6, 6.07) is 8.51. The molecule has 0 aliphatic heterocycles. The number of nitrogens with zero attached hydrogens (tertiary/aromatic N) is 2. The van der Waals surface area contributed by atoms with Gasteiger partial charge in [0, 0.05) is 16.7 Å². The third-order valence-corrected chi connectivity index (χ3v) is 3.68. The summed E-state index contributed by atoms with van der Waals surface area (Å²) in [6.07, 6.45) is 0. The molecule has 3 nitrogen and oxygen atoms in total. The van der Waals surface area contributed by atoms with Crippen molar-refractivity contribution in [2.75, 3.05) is 5.32 Å². The van der Waals surface area contributed by atoms with Gasteiger partial charge in [0.05, 0.1) is 5.56 Å². The average molecular weight is 334 g/mol. The molecule has 5 heteroatoms. The molecule has 0 amide bonds. The number of rotatable bonds is 3. The minimum absolute atomic E-state index is 0.293. The van der Waals surface area contributed by atoms with Crippen LogP contribution in [0.2, 0.25) is 0 Å². The molecule has 0 unspecified atom stereocenters. The highest BCUT2D eigenvalue weighted by Gasteiger charge is 2.09. The fraction of sp³-hybridized carbons (Fsp3) is 0.200. The summed E-state index contributed by atoms with van der Waals surface area (Å²) in [5.74, 6) is 0.236. The molecule has 1 heterocycles. The van der Waals surface area contributed by atoms with E-state index in [9.17, 15) is 9.65 Å². The molecule has 102 valence electrons. The molecule has 0 saturated heterocycles. The molecule has 0 saturated carbocycles. The number of pyridine rings is 1. The van der Waals surface area contributed by atoms with Crippen LogP contribution >= 0.6 is 15.9 Å². The van der Waals surface area contributed by atoms with Crippen LogP contribution in [0.3, 0.4) is 0 Å². The first-order valence-electron chi connectivity index (χ1n) is 6.07. The second-order valence-electron chi connectivity index (χ2n) is 4.51. The smallest absolute Gasteiger partial charge is 0.144 e. The van der Waals surface area contributed by atoms with Gasteiger partial charge in [-0.15, -0.1) is 0 Å². The van der Waals surface area contributed by atoms with Crippen molar-refractivity contribution >= 4 is 21.7 Å². The zero-order valence-corrected chi connectivity index (χ0v) is 12.8. The van der Waals surface area contributed by atoms with Crippen molar-refractivity contribution in [2.45, 2.75) is 20.4 Å². The first-order chi connectivity index (χ1) is 9.51. The van der Waals surface area contributed by atoms with Crippen LogP contribution in [0.15, 0.2) is 28.7 Å². The number of benzene rings is 1. The number of hydrogen-bond acceptors (Lipinski definition) is 3. The van der Waals surface area contributed by atoms with Crippen LogP contribution in [0.4, 0.5) is 10.2 Å². The fourth-order valence-corrected chi connectivity index (χ4v) is 2.35. The minimum atomic E-state index is -0.293. The summed E-state index contributed by atoms with van der Waals surface area (Å²) in [6.45, 7) is 4.14. The molecule has 20 heavy (non-hydrogen) atoms. The number of halogens is 2. The lowest BCUT2D eigenvalue weighted by atomic mass is 10.1. The predicted molar refractivity (Wildman–Crippen MR) is 79.9 cm³/mol. The molecule has 0 atom stereocenters. The van der Waals surface area contributed by atoms with E-state index in [4.69, 9.17) is 0 Å². The van der Waals surface area contributed by atoms with Crippen LogP contribution in [0, 0.1) is 31.0 Å². The largest absolute Gasteiger partial charge is 0.365 e. The number of nitrogens with one attached hydrogen (secondary N) is 1. The second kappa shape index (κ2) is 6.02. The molecule has 1 aromatic carbocycles. The minimum Gasteiger partial charge on any atom is -0.365 e. The lowest BCUT2D eigenvalue weighted by molar-refractivity contribution is 0.625. The maximum Gasteiger partial charge on any atom is 0.144 e. The molecule has 2 aromatic rings. The van der Waals surface area contributed by atoms with Crippen LogP contribution < -0.4 is 5.32 Å². The third-order valence-electron chi connectivity index (χ3n) is 2.91. The van der Waals surface area contributed by atoms with Gasteiger partial charge >= 0.3 is 0 Å². The van der Waals surface area contributed by atoms with Gasteiger partial charge < -0.3 is 5.32 Å².